The lowest BCUT2D eigenvalue weighted by Crippen LogP contribution is -2.53. The Morgan fingerprint density at radius 2 is 2.05 bits per heavy atom. The highest BCUT2D eigenvalue weighted by atomic mass is 16.6. The molecular weight excluding hydrogens is 264 g/mol. The van der Waals surface area contributed by atoms with Crippen LogP contribution in [0.2, 0.25) is 0 Å². The van der Waals surface area contributed by atoms with E-state index in [9.17, 15) is 4.79 Å². The van der Waals surface area contributed by atoms with Crippen molar-refractivity contribution in [1.82, 2.24) is 10.2 Å². The van der Waals surface area contributed by atoms with Crippen molar-refractivity contribution >= 4 is 12.2 Å². The zero-order chi connectivity index (χ0) is 15.3. The van der Waals surface area contributed by atoms with Crippen LogP contribution in [-0.2, 0) is 4.74 Å². The minimum absolute atomic E-state index is 0.0220. The molecule has 0 bridgehead atoms. The van der Waals surface area contributed by atoms with Gasteiger partial charge >= 0.3 is 6.09 Å². The molecule has 1 atom stereocenters. The van der Waals surface area contributed by atoms with Crippen LogP contribution in [0.5, 0.6) is 0 Å². The van der Waals surface area contributed by atoms with Crippen molar-refractivity contribution in [3.8, 4) is 0 Å². The molecule has 0 spiro atoms. The third-order valence-corrected chi connectivity index (χ3v) is 3.22. The van der Waals surface area contributed by atoms with Gasteiger partial charge in [0.2, 0.25) is 0 Å². The largest absolute Gasteiger partial charge is 0.444 e. The molecule has 2 rings (SSSR count). The van der Waals surface area contributed by atoms with Crippen molar-refractivity contribution in [2.24, 2.45) is 0 Å². The maximum absolute atomic E-state index is 12.3. The van der Waals surface area contributed by atoms with Crippen LogP contribution in [0, 0.1) is 0 Å². The molecule has 1 fully saturated rings. The number of hydrogen-bond acceptors (Lipinski definition) is 3. The second-order valence-corrected chi connectivity index (χ2v) is 6.22. The van der Waals surface area contributed by atoms with E-state index >= 15 is 0 Å². The fourth-order valence-electron chi connectivity index (χ4n) is 2.23. The summed E-state index contributed by atoms with van der Waals surface area (Å²) in [7, 11) is 0. The lowest BCUT2D eigenvalue weighted by atomic mass is 10.1. The minimum Gasteiger partial charge on any atom is -0.444 e. The summed E-state index contributed by atoms with van der Waals surface area (Å²) < 4.78 is 5.48. The van der Waals surface area contributed by atoms with Crippen molar-refractivity contribution < 1.29 is 9.53 Å². The van der Waals surface area contributed by atoms with Crippen LogP contribution in [0.4, 0.5) is 4.79 Å². The van der Waals surface area contributed by atoms with Gasteiger partial charge in [-0.2, -0.15) is 0 Å². The maximum Gasteiger partial charge on any atom is 0.410 e. The quantitative estimate of drug-likeness (QED) is 0.910. The first-order chi connectivity index (χ1) is 9.96. The lowest BCUT2D eigenvalue weighted by Gasteiger charge is -2.35. The van der Waals surface area contributed by atoms with Crippen LogP contribution >= 0.6 is 0 Å². The van der Waals surface area contributed by atoms with Gasteiger partial charge in [0.05, 0.1) is 6.04 Å². The van der Waals surface area contributed by atoms with Crippen molar-refractivity contribution in [2.75, 3.05) is 19.6 Å². The molecule has 0 radical (unpaired) electrons. The average Bonchev–Trinajstić information content (AvgIpc) is 2.45. The first kappa shape index (κ1) is 15.6. The Labute approximate surface area is 126 Å². The number of carbonyl (C=O) groups excluding carboxylic acids is 1. The third kappa shape index (κ3) is 4.90. The highest BCUT2D eigenvalue weighted by molar-refractivity contribution is 5.69. The molecule has 0 aliphatic carbocycles. The van der Waals surface area contributed by atoms with Gasteiger partial charge in [-0.05, 0) is 26.3 Å². The number of piperazine rings is 1. The maximum atomic E-state index is 12.3. The van der Waals surface area contributed by atoms with Crippen LogP contribution in [0.25, 0.3) is 6.08 Å². The number of nitrogens with one attached hydrogen (secondary N) is 1. The van der Waals surface area contributed by atoms with Gasteiger partial charge in [-0.1, -0.05) is 42.5 Å². The normalized spacial score (nSPS) is 19.8. The van der Waals surface area contributed by atoms with Gasteiger partial charge in [-0.15, -0.1) is 0 Å². The zero-order valence-corrected chi connectivity index (χ0v) is 13.0. The van der Waals surface area contributed by atoms with Gasteiger partial charge in [0.15, 0.2) is 0 Å². The van der Waals surface area contributed by atoms with E-state index in [1.54, 1.807) is 4.90 Å². The molecule has 1 saturated heterocycles. The van der Waals surface area contributed by atoms with E-state index in [1.165, 1.54) is 0 Å². The molecular formula is C17H24N2O2. The van der Waals surface area contributed by atoms with E-state index in [2.05, 4.69) is 17.5 Å². The van der Waals surface area contributed by atoms with E-state index < -0.39 is 5.60 Å². The molecule has 0 saturated carbocycles. The predicted octanol–water partition coefficient (Wildman–Crippen LogP) is 2.91. The standard InChI is InChI=1S/C17H24N2O2/c1-17(2,3)21-16(20)19-12-11-18-13-15(19)10-9-14-7-5-4-6-8-14/h4-10,15,18H,11-13H2,1-3H3/t15-/m0/s1. The predicted molar refractivity (Wildman–Crippen MR) is 85.1 cm³/mol. The van der Waals surface area contributed by atoms with Gasteiger partial charge in [-0.25, -0.2) is 4.79 Å². The minimum atomic E-state index is -0.463. The van der Waals surface area contributed by atoms with E-state index in [0.717, 1.165) is 18.7 Å². The number of rotatable bonds is 2. The molecule has 1 aromatic carbocycles. The van der Waals surface area contributed by atoms with Gasteiger partial charge in [0.25, 0.3) is 0 Å². The van der Waals surface area contributed by atoms with Gasteiger partial charge < -0.3 is 10.1 Å². The molecule has 1 aliphatic rings. The van der Waals surface area contributed by atoms with Crippen LogP contribution in [-0.4, -0.2) is 42.3 Å². The van der Waals surface area contributed by atoms with Crippen LogP contribution in [0.3, 0.4) is 0 Å². The Balaban J connectivity index is 2.05. The molecule has 4 nitrogen and oxygen atoms in total. The fourth-order valence-corrected chi connectivity index (χ4v) is 2.23. The molecule has 0 unspecified atom stereocenters. The van der Waals surface area contributed by atoms with Gasteiger partial charge in [0.1, 0.15) is 5.60 Å². The summed E-state index contributed by atoms with van der Waals surface area (Å²) >= 11 is 0. The van der Waals surface area contributed by atoms with Crippen molar-refractivity contribution in [3.63, 3.8) is 0 Å². The van der Waals surface area contributed by atoms with Crippen LogP contribution < -0.4 is 5.32 Å². The molecule has 21 heavy (non-hydrogen) atoms. The van der Waals surface area contributed by atoms with E-state index in [-0.39, 0.29) is 12.1 Å². The van der Waals surface area contributed by atoms with E-state index in [0.29, 0.717) is 6.54 Å². The molecule has 0 aromatic heterocycles. The summed E-state index contributed by atoms with van der Waals surface area (Å²) in [4.78, 5) is 14.1. The van der Waals surface area contributed by atoms with Gasteiger partial charge in [0, 0.05) is 19.6 Å². The summed E-state index contributed by atoms with van der Waals surface area (Å²) in [5, 5.41) is 3.32. The summed E-state index contributed by atoms with van der Waals surface area (Å²) in [6.45, 7) is 7.89. The van der Waals surface area contributed by atoms with Crippen LogP contribution in [0.1, 0.15) is 26.3 Å². The summed E-state index contributed by atoms with van der Waals surface area (Å²) in [5.74, 6) is 0. The Morgan fingerprint density at radius 3 is 2.71 bits per heavy atom. The highest BCUT2D eigenvalue weighted by Gasteiger charge is 2.28. The summed E-state index contributed by atoms with van der Waals surface area (Å²) in [6, 6.07) is 10.1. The Hall–Kier alpha value is -1.81. The topological polar surface area (TPSA) is 41.6 Å². The van der Waals surface area contributed by atoms with Crippen molar-refractivity contribution in [3.05, 3.63) is 42.0 Å². The fraction of sp³-hybridized carbons (Fsp3) is 0.471. The molecule has 1 aliphatic heterocycles. The monoisotopic (exact) mass is 288 g/mol. The number of carbonyl (C=O) groups is 1. The molecule has 1 amide bonds. The number of benzene rings is 1. The molecule has 1 N–H and O–H groups in total. The Kier molecular flexibility index (Phi) is 5.02. The number of nitrogens with zero attached hydrogens (tertiary/aromatic N) is 1. The summed E-state index contributed by atoms with van der Waals surface area (Å²) in [5.41, 5.74) is 0.669. The third-order valence-electron chi connectivity index (χ3n) is 3.22. The molecule has 114 valence electrons. The van der Waals surface area contributed by atoms with Crippen LogP contribution in [0.15, 0.2) is 36.4 Å². The Morgan fingerprint density at radius 1 is 1.33 bits per heavy atom. The van der Waals surface area contributed by atoms with E-state index in [1.807, 2.05) is 51.1 Å². The second-order valence-electron chi connectivity index (χ2n) is 6.22. The van der Waals surface area contributed by atoms with Crippen molar-refractivity contribution in [1.29, 1.82) is 0 Å². The molecule has 1 aromatic rings. The summed E-state index contributed by atoms with van der Waals surface area (Å²) in [6.07, 6.45) is 3.87. The Bertz CT molecular complexity index is 491. The second kappa shape index (κ2) is 6.76. The zero-order valence-electron chi connectivity index (χ0n) is 13.0. The SMILES string of the molecule is CC(C)(C)OC(=O)N1CCNC[C@@H]1C=Cc1ccccc1. The smallest absolute Gasteiger partial charge is 0.410 e. The average molecular weight is 288 g/mol. The first-order valence-corrected chi connectivity index (χ1v) is 7.39. The molecule has 4 heteroatoms. The number of amides is 1. The highest BCUT2D eigenvalue weighted by Crippen LogP contribution is 2.14. The first-order valence-electron chi connectivity index (χ1n) is 7.39. The van der Waals surface area contributed by atoms with E-state index in [4.69, 9.17) is 4.74 Å². The van der Waals surface area contributed by atoms with Crippen molar-refractivity contribution in [2.45, 2.75) is 32.4 Å². The number of ether oxygens (including phenoxy) is 1. The molecule has 1 heterocycles. The number of hydrogen-bond donors (Lipinski definition) is 1. The lowest BCUT2D eigenvalue weighted by molar-refractivity contribution is 0.0168. The van der Waals surface area contributed by atoms with Gasteiger partial charge in [-0.3, -0.25) is 4.90 Å².